The third-order valence-corrected chi connectivity index (χ3v) is 4.97. The predicted octanol–water partition coefficient (Wildman–Crippen LogP) is 3.45. The zero-order valence-corrected chi connectivity index (χ0v) is 14.8. The van der Waals surface area contributed by atoms with E-state index in [0.717, 1.165) is 16.9 Å². The monoisotopic (exact) mass is 331 g/mol. The fraction of sp³-hybridized carbons (Fsp3) is 0.579. The molecule has 0 aromatic heterocycles. The Hall–Kier alpha value is -2.04. The van der Waals surface area contributed by atoms with Gasteiger partial charge >= 0.3 is 6.09 Å². The number of carbonyl (C=O) groups excluding carboxylic acids is 2. The van der Waals surface area contributed by atoms with E-state index < -0.39 is 11.0 Å². The number of hydrogen-bond acceptors (Lipinski definition) is 4. The van der Waals surface area contributed by atoms with E-state index in [1.165, 1.54) is 0 Å². The fourth-order valence-corrected chi connectivity index (χ4v) is 3.70. The summed E-state index contributed by atoms with van der Waals surface area (Å²) in [4.78, 5) is 26.9. The molecule has 24 heavy (non-hydrogen) atoms. The molecule has 5 nitrogen and oxygen atoms in total. The zero-order chi connectivity index (χ0) is 17.5. The van der Waals surface area contributed by atoms with Crippen molar-refractivity contribution in [2.75, 3.05) is 20.2 Å². The summed E-state index contributed by atoms with van der Waals surface area (Å²) in [6.45, 7) is 6.69. The van der Waals surface area contributed by atoms with E-state index in [1.54, 1.807) is 12.0 Å². The van der Waals surface area contributed by atoms with Crippen LogP contribution in [0, 0.1) is 5.41 Å². The number of piperidine rings is 1. The molecule has 2 aliphatic rings. The second-order valence-electron chi connectivity index (χ2n) is 7.74. The lowest BCUT2D eigenvalue weighted by Gasteiger charge is -2.38. The number of benzene rings is 1. The maximum absolute atomic E-state index is 13.0. The van der Waals surface area contributed by atoms with Gasteiger partial charge in [0.25, 0.3) is 0 Å². The Morgan fingerprint density at radius 3 is 2.46 bits per heavy atom. The number of likely N-dealkylation sites (tertiary alicyclic amines) is 1. The Balaban J connectivity index is 1.73. The van der Waals surface area contributed by atoms with Crippen molar-refractivity contribution < 1.29 is 19.1 Å². The van der Waals surface area contributed by atoms with E-state index >= 15 is 0 Å². The Morgan fingerprint density at radius 2 is 1.88 bits per heavy atom. The van der Waals surface area contributed by atoms with Gasteiger partial charge in [0.05, 0.1) is 7.11 Å². The first-order chi connectivity index (χ1) is 11.3. The number of methoxy groups -OCH3 is 1. The van der Waals surface area contributed by atoms with E-state index in [4.69, 9.17) is 9.47 Å². The first-order valence-electron chi connectivity index (χ1n) is 8.44. The van der Waals surface area contributed by atoms with Gasteiger partial charge in [0.15, 0.2) is 5.78 Å². The lowest BCUT2D eigenvalue weighted by molar-refractivity contribution is 0.0113. The molecule has 130 valence electrons. The van der Waals surface area contributed by atoms with Crippen LogP contribution < -0.4 is 4.74 Å². The number of Topliss-reactive ketones (excluding diaryl/α,β-unsaturated/α-hetero) is 1. The number of ether oxygens (including phenoxy) is 2. The number of rotatable bonds is 1. The van der Waals surface area contributed by atoms with Crippen LogP contribution in [0.2, 0.25) is 0 Å². The molecule has 1 heterocycles. The maximum atomic E-state index is 13.0. The second kappa shape index (κ2) is 5.80. The summed E-state index contributed by atoms with van der Waals surface area (Å²) >= 11 is 0. The number of ketones is 1. The van der Waals surface area contributed by atoms with Gasteiger partial charge in [0.2, 0.25) is 0 Å². The summed E-state index contributed by atoms with van der Waals surface area (Å²) in [5.41, 5.74) is 0.893. The summed E-state index contributed by atoms with van der Waals surface area (Å²) in [7, 11) is 1.64. The molecule has 1 aliphatic carbocycles. The van der Waals surface area contributed by atoms with Gasteiger partial charge in [-0.3, -0.25) is 4.79 Å². The van der Waals surface area contributed by atoms with E-state index in [2.05, 4.69) is 0 Å². The highest BCUT2D eigenvalue weighted by atomic mass is 16.6. The molecule has 1 aromatic rings. The van der Waals surface area contributed by atoms with E-state index in [-0.39, 0.29) is 11.9 Å². The average molecular weight is 331 g/mol. The topological polar surface area (TPSA) is 55.8 Å². The Bertz CT molecular complexity index is 666. The Morgan fingerprint density at radius 1 is 1.21 bits per heavy atom. The molecule has 0 N–H and O–H groups in total. The summed E-state index contributed by atoms with van der Waals surface area (Å²) in [5, 5.41) is 0. The van der Waals surface area contributed by atoms with Crippen LogP contribution in [0.1, 0.15) is 49.5 Å². The van der Waals surface area contributed by atoms with Crippen molar-refractivity contribution >= 4 is 11.9 Å². The largest absolute Gasteiger partial charge is 0.496 e. The van der Waals surface area contributed by atoms with Crippen molar-refractivity contribution in [1.29, 1.82) is 0 Å². The standard InChI is InChI=1S/C19H25NO4/c1-18(2,3)24-17(22)20-10-8-19(9-11-20)12-14-13(16(19)21)6-5-7-15(14)23-4/h5-7H,8-12H2,1-4H3. The number of hydrogen-bond donors (Lipinski definition) is 0. The molecule has 1 aromatic carbocycles. The summed E-state index contributed by atoms with van der Waals surface area (Å²) in [6.07, 6.45) is 1.75. The van der Waals surface area contributed by atoms with Gasteiger partial charge in [-0.1, -0.05) is 12.1 Å². The van der Waals surface area contributed by atoms with Crippen LogP contribution in [0.15, 0.2) is 18.2 Å². The molecule has 1 aliphatic heterocycles. The maximum Gasteiger partial charge on any atom is 0.410 e. The highest BCUT2D eigenvalue weighted by Gasteiger charge is 2.48. The van der Waals surface area contributed by atoms with Gasteiger partial charge in [0.1, 0.15) is 11.4 Å². The number of fused-ring (bicyclic) bond motifs is 1. The van der Waals surface area contributed by atoms with Gasteiger partial charge in [0, 0.05) is 29.6 Å². The van der Waals surface area contributed by atoms with Crippen molar-refractivity contribution in [2.24, 2.45) is 5.41 Å². The SMILES string of the molecule is COc1cccc2c1CC1(CCN(C(=O)OC(C)(C)C)CC1)C2=O. The van der Waals surface area contributed by atoms with Gasteiger partial charge in [-0.25, -0.2) is 4.79 Å². The molecule has 5 heteroatoms. The second-order valence-corrected chi connectivity index (χ2v) is 7.74. The molecular formula is C19H25NO4. The van der Waals surface area contributed by atoms with Crippen LogP contribution in [-0.2, 0) is 11.2 Å². The molecule has 0 unspecified atom stereocenters. The molecular weight excluding hydrogens is 306 g/mol. The number of carbonyl (C=O) groups is 2. The quantitative estimate of drug-likeness (QED) is 0.791. The third kappa shape index (κ3) is 2.87. The van der Waals surface area contributed by atoms with Crippen LogP contribution in [-0.4, -0.2) is 42.6 Å². The molecule has 0 bridgehead atoms. The minimum absolute atomic E-state index is 0.195. The van der Waals surface area contributed by atoms with Crippen molar-refractivity contribution in [1.82, 2.24) is 4.90 Å². The first kappa shape index (κ1) is 16.8. The normalized spacial score (nSPS) is 19.3. The van der Waals surface area contributed by atoms with Gasteiger partial charge in [-0.15, -0.1) is 0 Å². The van der Waals surface area contributed by atoms with Crippen molar-refractivity contribution in [3.8, 4) is 5.75 Å². The predicted molar refractivity (Wildman–Crippen MR) is 90.5 cm³/mol. The molecule has 0 radical (unpaired) electrons. The van der Waals surface area contributed by atoms with E-state index in [0.29, 0.717) is 32.4 Å². The lowest BCUT2D eigenvalue weighted by Crippen LogP contribution is -2.47. The smallest absolute Gasteiger partial charge is 0.410 e. The highest BCUT2D eigenvalue weighted by molar-refractivity contribution is 6.05. The Kier molecular flexibility index (Phi) is 4.06. The van der Waals surface area contributed by atoms with Crippen LogP contribution >= 0.6 is 0 Å². The van der Waals surface area contributed by atoms with Crippen molar-refractivity contribution in [2.45, 2.75) is 45.6 Å². The number of nitrogens with zero attached hydrogens (tertiary/aromatic N) is 1. The molecule has 1 spiro atoms. The molecule has 1 saturated heterocycles. The summed E-state index contributed by atoms with van der Waals surface area (Å²) in [6, 6.07) is 5.65. The van der Waals surface area contributed by atoms with Gasteiger partial charge < -0.3 is 14.4 Å². The minimum atomic E-state index is -0.501. The zero-order valence-electron chi connectivity index (χ0n) is 14.8. The van der Waals surface area contributed by atoms with Crippen LogP contribution in [0.4, 0.5) is 4.79 Å². The molecule has 1 fully saturated rings. The minimum Gasteiger partial charge on any atom is -0.496 e. The third-order valence-electron chi connectivity index (χ3n) is 4.97. The van der Waals surface area contributed by atoms with Crippen LogP contribution in [0.5, 0.6) is 5.75 Å². The molecule has 0 atom stereocenters. The molecule has 0 saturated carbocycles. The average Bonchev–Trinajstić information content (AvgIpc) is 2.79. The molecule has 3 rings (SSSR count). The highest BCUT2D eigenvalue weighted by Crippen LogP contribution is 2.47. The summed E-state index contributed by atoms with van der Waals surface area (Å²) in [5.74, 6) is 0.979. The van der Waals surface area contributed by atoms with Crippen molar-refractivity contribution in [3.63, 3.8) is 0 Å². The van der Waals surface area contributed by atoms with E-state index in [9.17, 15) is 9.59 Å². The van der Waals surface area contributed by atoms with Crippen LogP contribution in [0.25, 0.3) is 0 Å². The van der Waals surface area contributed by atoms with Gasteiger partial charge in [-0.2, -0.15) is 0 Å². The fourth-order valence-electron chi connectivity index (χ4n) is 3.70. The van der Waals surface area contributed by atoms with E-state index in [1.807, 2.05) is 39.0 Å². The summed E-state index contributed by atoms with van der Waals surface area (Å²) < 4.78 is 10.9. The van der Waals surface area contributed by atoms with Crippen LogP contribution in [0.3, 0.4) is 0 Å². The number of amides is 1. The first-order valence-corrected chi connectivity index (χ1v) is 8.44. The van der Waals surface area contributed by atoms with Crippen molar-refractivity contribution in [3.05, 3.63) is 29.3 Å². The molecule has 1 amide bonds. The Labute approximate surface area is 142 Å². The van der Waals surface area contributed by atoms with Gasteiger partial charge in [-0.05, 0) is 46.1 Å². The lowest BCUT2D eigenvalue weighted by atomic mass is 9.75.